The molecule has 2 rings (SSSR count). The number of esters is 1. The maximum Gasteiger partial charge on any atom is 0.573 e. The van der Waals surface area contributed by atoms with Crippen molar-refractivity contribution in [2.75, 3.05) is 18.5 Å². The summed E-state index contributed by atoms with van der Waals surface area (Å²) < 4.78 is 46.2. The monoisotopic (exact) mass is 505 g/mol. The zero-order valence-electron chi connectivity index (χ0n) is 20.2. The van der Waals surface area contributed by atoms with Crippen LogP contribution in [-0.4, -0.2) is 37.6 Å². The maximum absolute atomic E-state index is 12.5. The van der Waals surface area contributed by atoms with Crippen molar-refractivity contribution in [1.82, 2.24) is 5.32 Å². The van der Waals surface area contributed by atoms with Crippen molar-refractivity contribution in [3.05, 3.63) is 66.4 Å². The molecule has 10 heteroatoms. The number of hydrogen-bond acceptors (Lipinski definition) is 6. The van der Waals surface area contributed by atoms with E-state index in [4.69, 9.17) is 4.74 Å². The van der Waals surface area contributed by atoms with Crippen molar-refractivity contribution in [3.63, 3.8) is 0 Å². The van der Waals surface area contributed by atoms with E-state index in [1.165, 1.54) is 30.5 Å². The molecule has 1 amide bonds. The lowest BCUT2D eigenvalue weighted by Gasteiger charge is -2.17. The number of amides is 1. The zero-order valence-corrected chi connectivity index (χ0v) is 20.2. The third kappa shape index (κ3) is 9.44. The van der Waals surface area contributed by atoms with Crippen LogP contribution >= 0.6 is 0 Å². The molecule has 36 heavy (non-hydrogen) atoms. The molecule has 0 bridgehead atoms. The van der Waals surface area contributed by atoms with Crippen LogP contribution in [0.5, 0.6) is 5.75 Å². The average Bonchev–Trinajstić information content (AvgIpc) is 2.82. The van der Waals surface area contributed by atoms with E-state index in [0.717, 1.165) is 11.1 Å². The number of benzene rings is 2. The summed E-state index contributed by atoms with van der Waals surface area (Å²) in [4.78, 5) is 27.4. The molecule has 0 spiro atoms. The van der Waals surface area contributed by atoms with Crippen LogP contribution in [0.15, 0.2) is 60.2 Å². The molecule has 0 aliphatic heterocycles. The Bertz CT molecular complexity index is 1050. The van der Waals surface area contributed by atoms with Crippen molar-refractivity contribution >= 4 is 29.5 Å². The van der Waals surface area contributed by atoms with E-state index in [0.29, 0.717) is 49.3 Å². The van der Waals surface area contributed by atoms with Gasteiger partial charge in [-0.25, -0.2) is 0 Å². The molecule has 7 nitrogen and oxygen atoms in total. The molecule has 0 saturated carbocycles. The molecular formula is C26H30F3N3O4. The Labute approximate surface area is 208 Å². The molecule has 0 heterocycles. The van der Waals surface area contributed by atoms with Gasteiger partial charge in [-0.05, 0) is 75.2 Å². The van der Waals surface area contributed by atoms with Crippen molar-refractivity contribution in [2.45, 2.75) is 39.5 Å². The molecule has 0 saturated heterocycles. The van der Waals surface area contributed by atoms with E-state index in [1.807, 2.05) is 18.2 Å². The highest BCUT2D eigenvalue weighted by molar-refractivity contribution is 6.05. The Hall–Kier alpha value is -3.82. The lowest BCUT2D eigenvalue weighted by Crippen LogP contribution is -2.22. The molecular weight excluding hydrogens is 475 g/mol. The number of halogens is 3. The lowest BCUT2D eigenvalue weighted by atomic mass is 9.93. The fourth-order valence-electron chi connectivity index (χ4n) is 3.60. The fraction of sp³-hybridized carbons (Fsp3) is 0.346. The Morgan fingerprint density at radius 1 is 1.19 bits per heavy atom. The van der Waals surface area contributed by atoms with Gasteiger partial charge in [-0.3, -0.25) is 14.6 Å². The number of alkyl halides is 3. The second-order valence-corrected chi connectivity index (χ2v) is 7.83. The van der Waals surface area contributed by atoms with Gasteiger partial charge in [0.15, 0.2) is 0 Å². The summed E-state index contributed by atoms with van der Waals surface area (Å²) in [5.41, 5.74) is 3.45. The minimum absolute atomic E-state index is 0.281. The first-order valence-electron chi connectivity index (χ1n) is 11.4. The molecule has 1 unspecified atom stereocenters. The minimum Gasteiger partial charge on any atom is -0.466 e. The van der Waals surface area contributed by atoms with Gasteiger partial charge >= 0.3 is 12.3 Å². The normalized spacial score (nSPS) is 12.4. The van der Waals surface area contributed by atoms with Gasteiger partial charge in [0.25, 0.3) is 0 Å². The van der Waals surface area contributed by atoms with Gasteiger partial charge in [-0.15, -0.1) is 13.2 Å². The van der Waals surface area contributed by atoms with Crippen LogP contribution < -0.4 is 15.4 Å². The molecule has 0 aliphatic carbocycles. The molecule has 0 radical (unpaired) electrons. The molecule has 0 aliphatic rings. The summed E-state index contributed by atoms with van der Waals surface area (Å²) in [6.45, 7) is 8.00. The number of ether oxygens (including phenoxy) is 2. The third-order valence-electron chi connectivity index (χ3n) is 5.16. The van der Waals surface area contributed by atoms with Gasteiger partial charge in [0.2, 0.25) is 6.41 Å². The number of carbonyl (C=O) groups is 2. The zero-order chi connectivity index (χ0) is 26.6. The van der Waals surface area contributed by atoms with E-state index in [2.05, 4.69) is 26.9 Å². The second-order valence-electron chi connectivity index (χ2n) is 7.83. The first-order chi connectivity index (χ1) is 17.2. The largest absolute Gasteiger partial charge is 0.573 e. The predicted molar refractivity (Wildman–Crippen MR) is 132 cm³/mol. The highest BCUT2D eigenvalue weighted by Crippen LogP contribution is 2.27. The van der Waals surface area contributed by atoms with E-state index in [9.17, 15) is 22.8 Å². The van der Waals surface area contributed by atoms with Crippen LogP contribution in [0.3, 0.4) is 0 Å². The Balaban J connectivity index is 2.24. The summed E-state index contributed by atoms with van der Waals surface area (Å²) in [6, 6.07) is 10.9. The number of hydrogen-bond donors (Lipinski definition) is 2. The first kappa shape index (κ1) is 28.4. The van der Waals surface area contributed by atoms with Crippen LogP contribution in [0, 0.1) is 5.92 Å². The number of rotatable bonds is 14. The minimum atomic E-state index is -4.76. The highest BCUT2D eigenvalue weighted by atomic mass is 19.4. The SMILES string of the molecule is C=CNc1cc(CC(CCCNC=O)C(=O)OCC)ccc1C(C)=Nc1ccc(OC(F)(F)F)cc1. The average molecular weight is 506 g/mol. The molecule has 2 aromatic rings. The van der Waals surface area contributed by atoms with Gasteiger partial charge in [0.05, 0.1) is 18.2 Å². The second kappa shape index (κ2) is 13.9. The van der Waals surface area contributed by atoms with Gasteiger partial charge in [-0.2, -0.15) is 0 Å². The molecule has 1 atom stereocenters. The number of aliphatic imine (C=N–C) groups is 1. The predicted octanol–water partition coefficient (Wildman–Crippen LogP) is 5.53. The Morgan fingerprint density at radius 3 is 2.53 bits per heavy atom. The summed E-state index contributed by atoms with van der Waals surface area (Å²) in [5, 5.41) is 5.67. The Morgan fingerprint density at radius 2 is 1.92 bits per heavy atom. The van der Waals surface area contributed by atoms with E-state index in [-0.39, 0.29) is 24.2 Å². The van der Waals surface area contributed by atoms with Gasteiger partial charge in [0, 0.05) is 23.5 Å². The third-order valence-corrected chi connectivity index (χ3v) is 5.16. The maximum atomic E-state index is 12.5. The quantitative estimate of drug-likeness (QED) is 0.153. The standard InChI is InChI=1S/C26H30F3N3O4/c1-4-31-24-16-19(15-20(25(34)35-5-2)7-6-14-30-17-33)8-13-23(24)18(3)32-21-9-11-22(12-10-21)36-26(27,28)29/h4,8-13,16-17,20,31H,1,5-7,14-15H2,2-3H3,(H,30,33). The molecule has 194 valence electrons. The summed E-state index contributed by atoms with van der Waals surface area (Å²) >= 11 is 0. The Kier molecular flexibility index (Phi) is 11.0. The van der Waals surface area contributed by atoms with Crippen LogP contribution in [0.25, 0.3) is 0 Å². The van der Waals surface area contributed by atoms with Crippen molar-refractivity contribution in [3.8, 4) is 5.75 Å². The van der Waals surface area contributed by atoms with Gasteiger partial charge in [-0.1, -0.05) is 18.7 Å². The van der Waals surface area contributed by atoms with Crippen molar-refractivity contribution < 1.29 is 32.2 Å². The van der Waals surface area contributed by atoms with Crippen LogP contribution in [-0.2, 0) is 20.7 Å². The fourth-order valence-corrected chi connectivity index (χ4v) is 3.60. The van der Waals surface area contributed by atoms with Gasteiger partial charge in [0.1, 0.15) is 5.75 Å². The number of anilines is 1. The molecule has 2 aromatic carbocycles. The first-order valence-corrected chi connectivity index (χ1v) is 11.4. The topological polar surface area (TPSA) is 89.0 Å². The van der Waals surface area contributed by atoms with Crippen LogP contribution in [0.1, 0.15) is 37.8 Å². The molecule has 2 N–H and O–H groups in total. The smallest absolute Gasteiger partial charge is 0.466 e. The van der Waals surface area contributed by atoms with Crippen LogP contribution in [0.4, 0.5) is 24.5 Å². The number of nitrogens with one attached hydrogen (secondary N) is 2. The number of nitrogens with zero attached hydrogens (tertiary/aromatic N) is 1. The highest BCUT2D eigenvalue weighted by Gasteiger charge is 2.31. The summed E-state index contributed by atoms with van der Waals surface area (Å²) in [7, 11) is 0. The molecule has 0 fully saturated rings. The van der Waals surface area contributed by atoms with Crippen molar-refractivity contribution in [2.24, 2.45) is 10.9 Å². The van der Waals surface area contributed by atoms with Crippen molar-refractivity contribution in [1.29, 1.82) is 0 Å². The van der Waals surface area contributed by atoms with Crippen LogP contribution in [0.2, 0.25) is 0 Å². The van der Waals surface area contributed by atoms with E-state index in [1.54, 1.807) is 13.8 Å². The summed E-state index contributed by atoms with van der Waals surface area (Å²) in [6.07, 6.45) is -0.973. The van der Waals surface area contributed by atoms with E-state index < -0.39 is 6.36 Å². The molecule has 0 aromatic heterocycles. The lowest BCUT2D eigenvalue weighted by molar-refractivity contribution is -0.274. The number of carbonyl (C=O) groups excluding carboxylic acids is 2. The van der Waals surface area contributed by atoms with E-state index >= 15 is 0 Å². The summed E-state index contributed by atoms with van der Waals surface area (Å²) in [5.74, 6) is -0.981. The van der Waals surface area contributed by atoms with Gasteiger partial charge < -0.3 is 20.1 Å².